The molecule has 0 spiro atoms. The van der Waals surface area contributed by atoms with Crippen LogP contribution in [0, 0.1) is 0 Å². The third-order valence-corrected chi connectivity index (χ3v) is 4.96. The summed E-state index contributed by atoms with van der Waals surface area (Å²) in [5.41, 5.74) is 0. The molecule has 2 fully saturated rings. The number of nitrogens with zero attached hydrogens (tertiary/aromatic N) is 1. The highest BCUT2D eigenvalue weighted by Gasteiger charge is 2.31. The second kappa shape index (κ2) is 5.45. The molecule has 3 heterocycles. The largest absolute Gasteiger partial charge is 0.462 e. The van der Waals surface area contributed by atoms with Gasteiger partial charge in [-0.1, -0.05) is 6.92 Å². The first-order chi connectivity index (χ1) is 9.58. The minimum Gasteiger partial charge on any atom is -0.462 e. The summed E-state index contributed by atoms with van der Waals surface area (Å²) in [6, 6.07) is 1.42. The lowest BCUT2D eigenvalue weighted by molar-refractivity contribution is -0.0588. The van der Waals surface area contributed by atoms with Gasteiger partial charge >= 0.3 is 0 Å². The summed E-state index contributed by atoms with van der Waals surface area (Å²) in [6.45, 7) is 5.45. The summed E-state index contributed by atoms with van der Waals surface area (Å²) >= 11 is 0. The zero-order valence-electron chi connectivity index (χ0n) is 11.2. The second-order valence-corrected chi connectivity index (χ2v) is 6.64. The molecular weight excluding hydrogens is 284 g/mol. The van der Waals surface area contributed by atoms with Gasteiger partial charge < -0.3 is 18.8 Å². The predicted octanol–water partition coefficient (Wildman–Crippen LogP) is 0.307. The van der Waals surface area contributed by atoms with Crippen LogP contribution in [0.5, 0.6) is 0 Å². The number of likely N-dealkylation sites (N-methyl/N-ethyl adjacent to an activating group) is 1. The fraction of sp³-hybridized carbons (Fsp3) is 0.667. The van der Waals surface area contributed by atoms with Crippen LogP contribution in [-0.2, 0) is 19.5 Å². The first-order valence-corrected chi connectivity index (χ1v) is 8.13. The van der Waals surface area contributed by atoms with Crippen LogP contribution in [0.2, 0.25) is 0 Å². The van der Waals surface area contributed by atoms with Gasteiger partial charge in [-0.15, -0.1) is 0 Å². The Hall–Kier alpha value is -0.930. The van der Waals surface area contributed by atoms with Gasteiger partial charge in [0, 0.05) is 25.2 Å². The fourth-order valence-corrected chi connectivity index (χ4v) is 3.48. The molecule has 1 N–H and O–H groups in total. The monoisotopic (exact) mass is 302 g/mol. The molecule has 0 bridgehead atoms. The Kier molecular flexibility index (Phi) is 3.83. The SMILES string of the molecule is CCN1CC(NS(=O)(=O)c2coc(C3OCCO3)c2)C1. The molecule has 0 unspecified atom stereocenters. The third-order valence-electron chi connectivity index (χ3n) is 3.49. The first kappa shape index (κ1) is 14.0. The van der Waals surface area contributed by atoms with Crippen molar-refractivity contribution < 1.29 is 22.3 Å². The van der Waals surface area contributed by atoms with Crippen molar-refractivity contribution in [2.24, 2.45) is 0 Å². The molecule has 0 amide bonds. The van der Waals surface area contributed by atoms with E-state index in [4.69, 9.17) is 13.9 Å². The van der Waals surface area contributed by atoms with E-state index in [0.29, 0.717) is 19.0 Å². The van der Waals surface area contributed by atoms with Crippen molar-refractivity contribution in [1.29, 1.82) is 0 Å². The lowest BCUT2D eigenvalue weighted by atomic mass is 10.1. The molecule has 8 heteroatoms. The lowest BCUT2D eigenvalue weighted by Gasteiger charge is -2.38. The van der Waals surface area contributed by atoms with E-state index in [0.717, 1.165) is 19.6 Å². The predicted molar refractivity (Wildman–Crippen MR) is 69.6 cm³/mol. The van der Waals surface area contributed by atoms with Crippen LogP contribution in [0.4, 0.5) is 0 Å². The van der Waals surface area contributed by atoms with Gasteiger partial charge in [0.1, 0.15) is 11.2 Å². The van der Waals surface area contributed by atoms with Crippen molar-refractivity contribution in [3.8, 4) is 0 Å². The van der Waals surface area contributed by atoms with E-state index in [1.807, 2.05) is 0 Å². The first-order valence-electron chi connectivity index (χ1n) is 6.65. The molecule has 2 aliphatic rings. The van der Waals surface area contributed by atoms with Crippen molar-refractivity contribution in [2.75, 3.05) is 32.8 Å². The topological polar surface area (TPSA) is 81.0 Å². The Morgan fingerprint density at radius 3 is 2.70 bits per heavy atom. The van der Waals surface area contributed by atoms with E-state index in [-0.39, 0.29) is 10.9 Å². The molecule has 3 rings (SSSR count). The van der Waals surface area contributed by atoms with Crippen LogP contribution < -0.4 is 4.72 Å². The summed E-state index contributed by atoms with van der Waals surface area (Å²) in [7, 11) is -3.54. The maximum absolute atomic E-state index is 12.2. The summed E-state index contributed by atoms with van der Waals surface area (Å²) in [5, 5.41) is 0. The van der Waals surface area contributed by atoms with Crippen molar-refractivity contribution in [3.63, 3.8) is 0 Å². The number of nitrogens with one attached hydrogen (secondary N) is 1. The van der Waals surface area contributed by atoms with E-state index in [2.05, 4.69) is 16.5 Å². The quantitative estimate of drug-likeness (QED) is 0.843. The van der Waals surface area contributed by atoms with E-state index >= 15 is 0 Å². The zero-order valence-corrected chi connectivity index (χ0v) is 12.1. The summed E-state index contributed by atoms with van der Waals surface area (Å²) in [4.78, 5) is 2.27. The minimum absolute atomic E-state index is 0.0303. The number of sulfonamides is 1. The molecule has 1 aromatic heterocycles. The van der Waals surface area contributed by atoms with Crippen LogP contribution in [0.15, 0.2) is 21.6 Å². The molecule has 112 valence electrons. The van der Waals surface area contributed by atoms with Gasteiger partial charge in [0.25, 0.3) is 0 Å². The van der Waals surface area contributed by atoms with Gasteiger partial charge in [0.15, 0.2) is 5.76 Å². The van der Waals surface area contributed by atoms with Crippen molar-refractivity contribution in [3.05, 3.63) is 18.1 Å². The van der Waals surface area contributed by atoms with Gasteiger partial charge in [-0.05, 0) is 6.54 Å². The lowest BCUT2D eigenvalue weighted by Crippen LogP contribution is -2.58. The highest BCUT2D eigenvalue weighted by atomic mass is 32.2. The Morgan fingerprint density at radius 1 is 1.35 bits per heavy atom. The van der Waals surface area contributed by atoms with Gasteiger partial charge in [0.05, 0.1) is 13.2 Å². The van der Waals surface area contributed by atoms with E-state index < -0.39 is 16.3 Å². The average Bonchev–Trinajstić information content (AvgIpc) is 3.02. The summed E-state index contributed by atoms with van der Waals surface area (Å²) < 4.78 is 42.8. The van der Waals surface area contributed by atoms with Gasteiger partial charge in [-0.2, -0.15) is 0 Å². The Labute approximate surface area is 117 Å². The van der Waals surface area contributed by atoms with E-state index in [1.165, 1.54) is 12.3 Å². The molecule has 2 aliphatic heterocycles. The minimum atomic E-state index is -3.54. The summed E-state index contributed by atoms with van der Waals surface area (Å²) in [6.07, 6.45) is 0.622. The van der Waals surface area contributed by atoms with E-state index in [9.17, 15) is 8.42 Å². The number of furan rings is 1. The Balaban J connectivity index is 1.65. The van der Waals surface area contributed by atoms with Crippen LogP contribution in [0.1, 0.15) is 19.0 Å². The summed E-state index contributed by atoms with van der Waals surface area (Å²) in [5.74, 6) is 0.381. The normalized spacial score (nSPS) is 22.2. The highest BCUT2D eigenvalue weighted by Crippen LogP contribution is 2.26. The number of hydrogen-bond donors (Lipinski definition) is 1. The van der Waals surface area contributed by atoms with Crippen LogP contribution in [-0.4, -0.2) is 52.2 Å². The third kappa shape index (κ3) is 2.75. The maximum Gasteiger partial charge on any atom is 0.244 e. The van der Waals surface area contributed by atoms with Gasteiger partial charge in [0.2, 0.25) is 16.3 Å². The van der Waals surface area contributed by atoms with Gasteiger partial charge in [-0.25, -0.2) is 13.1 Å². The van der Waals surface area contributed by atoms with Crippen LogP contribution >= 0.6 is 0 Å². The fourth-order valence-electron chi connectivity index (χ4n) is 2.31. The highest BCUT2D eigenvalue weighted by molar-refractivity contribution is 7.89. The smallest absolute Gasteiger partial charge is 0.244 e. The number of ether oxygens (including phenoxy) is 2. The Bertz CT molecular complexity index is 558. The molecule has 0 saturated carbocycles. The van der Waals surface area contributed by atoms with Crippen molar-refractivity contribution in [1.82, 2.24) is 9.62 Å². The van der Waals surface area contributed by atoms with E-state index in [1.54, 1.807) is 0 Å². The molecule has 7 nitrogen and oxygen atoms in total. The van der Waals surface area contributed by atoms with Crippen LogP contribution in [0.25, 0.3) is 0 Å². The van der Waals surface area contributed by atoms with Crippen LogP contribution in [0.3, 0.4) is 0 Å². The number of likely N-dealkylation sites (tertiary alicyclic amines) is 1. The second-order valence-electron chi connectivity index (χ2n) is 4.93. The maximum atomic E-state index is 12.2. The number of rotatable bonds is 5. The molecule has 0 atom stereocenters. The average molecular weight is 302 g/mol. The molecule has 2 saturated heterocycles. The Morgan fingerprint density at radius 2 is 2.05 bits per heavy atom. The molecule has 1 aromatic rings. The van der Waals surface area contributed by atoms with Gasteiger partial charge in [-0.3, -0.25) is 0 Å². The standard InChI is InChI=1S/C12H18N2O5S/c1-2-14-6-9(7-14)13-20(15,16)10-5-11(19-8-10)12-17-3-4-18-12/h5,8-9,12-13H,2-4,6-7H2,1H3. The zero-order chi connectivity index (χ0) is 14.2. The number of hydrogen-bond acceptors (Lipinski definition) is 6. The molecule has 0 aromatic carbocycles. The molecule has 0 aliphatic carbocycles. The van der Waals surface area contributed by atoms with Crippen molar-refractivity contribution >= 4 is 10.0 Å². The molecular formula is C12H18N2O5S. The molecule has 20 heavy (non-hydrogen) atoms. The molecule has 0 radical (unpaired) electrons. The van der Waals surface area contributed by atoms with Crippen molar-refractivity contribution in [2.45, 2.75) is 24.2 Å².